The molecule has 0 aliphatic carbocycles. The average Bonchev–Trinajstić information content (AvgIpc) is 3.60. The predicted octanol–water partition coefficient (Wildman–Crippen LogP) is 22.5. The van der Waals surface area contributed by atoms with E-state index in [1.807, 2.05) is 0 Å². The molecular weight excluding hydrogens is 1050 g/mol. The third-order valence-corrected chi connectivity index (χ3v) is 14.3. The van der Waals surface area contributed by atoms with E-state index >= 15 is 0 Å². The molecule has 0 saturated carbocycles. The Morgan fingerprint density at radius 3 is 0.588 bits per heavy atom. The highest BCUT2D eigenvalue weighted by Crippen LogP contribution is 2.24. The summed E-state index contributed by atoms with van der Waals surface area (Å²) in [5, 5.41) is 0. The van der Waals surface area contributed by atoms with E-state index in [1.165, 1.54) is 0 Å². The zero-order valence-electron chi connectivity index (χ0n) is 54.7. The van der Waals surface area contributed by atoms with Crippen LogP contribution in [0.15, 0.2) is 146 Å². The van der Waals surface area contributed by atoms with Crippen LogP contribution in [0.2, 0.25) is 0 Å². The molecule has 0 rings (SSSR count). The zero-order valence-corrected chi connectivity index (χ0v) is 54.7. The van der Waals surface area contributed by atoms with Gasteiger partial charge in [-0.2, -0.15) is 0 Å². The van der Waals surface area contributed by atoms with Crippen LogP contribution in [-0.2, 0) is 38.1 Å². The van der Waals surface area contributed by atoms with Crippen molar-refractivity contribution in [2.75, 3.05) is 26.4 Å². The lowest BCUT2D eigenvalue weighted by molar-refractivity contribution is -0.170. The van der Waals surface area contributed by atoms with Crippen LogP contribution in [-0.4, -0.2) is 50.3 Å². The van der Waals surface area contributed by atoms with Crippen molar-refractivity contribution >= 4 is 23.9 Å². The van der Waals surface area contributed by atoms with Crippen LogP contribution in [0.5, 0.6) is 0 Å². The van der Waals surface area contributed by atoms with Crippen LogP contribution in [0.25, 0.3) is 0 Å². The van der Waals surface area contributed by atoms with E-state index in [0.717, 1.165) is 205 Å². The Bertz CT molecular complexity index is 1660. The molecular formula is C77H124O8. The summed E-state index contributed by atoms with van der Waals surface area (Å²) >= 11 is 0. The fraction of sp³-hybridized carbons (Fsp3) is 0.636. The quantitative estimate of drug-likeness (QED) is 0.0257. The Morgan fingerprint density at radius 1 is 0.224 bits per heavy atom. The highest BCUT2D eigenvalue weighted by molar-refractivity contribution is 5.71. The summed E-state index contributed by atoms with van der Waals surface area (Å²) in [4.78, 5) is 53.4. The second-order valence-corrected chi connectivity index (χ2v) is 22.5. The number of unbranched alkanes of at least 4 members (excludes halogenated alkanes) is 20. The van der Waals surface area contributed by atoms with Crippen LogP contribution < -0.4 is 0 Å². The summed E-state index contributed by atoms with van der Waals surface area (Å²) < 4.78 is 23.7. The minimum atomic E-state index is -1.26. The monoisotopic (exact) mass is 1180 g/mol. The largest absolute Gasteiger partial charge is 0.465 e. The summed E-state index contributed by atoms with van der Waals surface area (Å²) in [7, 11) is 0. The van der Waals surface area contributed by atoms with Crippen molar-refractivity contribution in [3.8, 4) is 0 Å². The second kappa shape index (κ2) is 66.3. The van der Waals surface area contributed by atoms with Gasteiger partial charge in [-0.25, -0.2) is 0 Å². The molecule has 0 heterocycles. The molecule has 0 atom stereocenters. The van der Waals surface area contributed by atoms with Gasteiger partial charge < -0.3 is 18.9 Å². The van der Waals surface area contributed by atoms with Gasteiger partial charge in [0.2, 0.25) is 0 Å². The predicted molar refractivity (Wildman–Crippen MR) is 363 cm³/mol. The van der Waals surface area contributed by atoms with E-state index in [0.29, 0.717) is 25.7 Å². The van der Waals surface area contributed by atoms with Crippen molar-refractivity contribution in [2.24, 2.45) is 5.41 Å². The molecule has 0 bridgehead atoms. The number of rotatable bonds is 60. The highest BCUT2D eigenvalue weighted by atomic mass is 16.6. The van der Waals surface area contributed by atoms with Crippen molar-refractivity contribution < 1.29 is 38.1 Å². The first-order chi connectivity index (χ1) is 41.8. The SMILES string of the molecule is CC/C=C\C/C=C\C/C=C\CCCCCCCC(=O)OCC(COC(=O)CCCCCCC/C=C\C/C=C\C/C=C\CC)(COC(=O)CCCCCCC/C=C\C/C=C\C/C=C\CC)COC(=O)CCCCCCC/C=C\C/C=C\C/C=C\CC. The minimum absolute atomic E-state index is 0.209. The van der Waals surface area contributed by atoms with Gasteiger partial charge in [0.15, 0.2) is 0 Å². The molecule has 0 aliphatic rings. The van der Waals surface area contributed by atoms with Gasteiger partial charge in [-0.1, -0.05) is 251 Å². The third kappa shape index (κ3) is 61.7. The Hall–Kier alpha value is -5.24. The second-order valence-electron chi connectivity index (χ2n) is 22.5. The number of carbonyl (C=O) groups is 4. The standard InChI is InChI=1S/C77H124O8/c1-5-9-13-17-21-25-29-33-37-41-45-49-53-57-61-65-73(78)82-69-77(70-83-74(79)66-62-58-54-50-46-42-38-34-30-26-22-18-14-10-6-2,71-84-75(80)67-63-59-55-51-47-43-39-35-31-27-23-19-15-11-7-3)72-85-76(81)68-64-60-56-52-48-44-40-36-32-28-24-20-16-12-8-4/h9-16,21-28,33-40H,5-8,17-20,29-32,41-72H2,1-4H3/b13-9-,14-10-,15-11-,16-12-,25-21-,26-22-,27-23-,28-24-,37-33-,38-34-,39-35-,40-36-. The summed E-state index contributed by atoms with van der Waals surface area (Å²) in [5.41, 5.74) is -1.26. The van der Waals surface area contributed by atoms with Crippen LogP contribution in [0.1, 0.15) is 285 Å². The maximum absolute atomic E-state index is 13.4. The molecule has 8 heteroatoms. The molecule has 0 N–H and O–H groups in total. The van der Waals surface area contributed by atoms with Crippen molar-refractivity contribution in [2.45, 2.75) is 285 Å². The minimum Gasteiger partial charge on any atom is -0.465 e. The molecule has 480 valence electrons. The molecule has 0 saturated heterocycles. The molecule has 0 amide bonds. The molecule has 85 heavy (non-hydrogen) atoms. The van der Waals surface area contributed by atoms with Gasteiger partial charge in [0.05, 0.1) is 0 Å². The van der Waals surface area contributed by atoms with Crippen molar-refractivity contribution in [1.82, 2.24) is 0 Å². The number of esters is 4. The van der Waals surface area contributed by atoms with E-state index in [1.54, 1.807) is 0 Å². The molecule has 8 nitrogen and oxygen atoms in total. The maximum Gasteiger partial charge on any atom is 0.305 e. The molecule has 0 aromatic heterocycles. The van der Waals surface area contributed by atoms with Crippen molar-refractivity contribution in [3.63, 3.8) is 0 Å². The van der Waals surface area contributed by atoms with Gasteiger partial charge in [-0.3, -0.25) is 19.2 Å². The summed E-state index contributed by atoms with van der Waals surface area (Å²) in [6, 6.07) is 0. The Kier molecular flexibility index (Phi) is 62.2. The third-order valence-electron chi connectivity index (χ3n) is 14.3. The van der Waals surface area contributed by atoms with E-state index in [-0.39, 0.29) is 76.0 Å². The maximum atomic E-state index is 13.4. The normalized spacial score (nSPS) is 12.8. The van der Waals surface area contributed by atoms with Crippen LogP contribution in [0, 0.1) is 5.41 Å². The summed E-state index contributed by atoms with van der Waals surface area (Å²) in [5.74, 6) is -1.49. The number of allylic oxidation sites excluding steroid dienone is 24. The van der Waals surface area contributed by atoms with E-state index in [2.05, 4.69) is 174 Å². The van der Waals surface area contributed by atoms with E-state index < -0.39 is 5.41 Å². The fourth-order valence-corrected chi connectivity index (χ4v) is 9.03. The first kappa shape index (κ1) is 79.8. The van der Waals surface area contributed by atoms with Gasteiger partial charge in [-0.05, 0) is 154 Å². The van der Waals surface area contributed by atoms with E-state index in [4.69, 9.17) is 18.9 Å². The molecule has 0 spiro atoms. The molecule has 0 radical (unpaired) electrons. The lowest BCUT2D eigenvalue weighted by Crippen LogP contribution is -2.44. The van der Waals surface area contributed by atoms with Gasteiger partial charge in [0.1, 0.15) is 31.8 Å². The summed E-state index contributed by atoms with van der Waals surface area (Å²) in [6.45, 7) is 7.75. The van der Waals surface area contributed by atoms with Crippen LogP contribution in [0.4, 0.5) is 0 Å². The average molecular weight is 1180 g/mol. The molecule has 0 aliphatic heterocycles. The highest BCUT2D eigenvalue weighted by Gasteiger charge is 2.38. The first-order valence-corrected chi connectivity index (χ1v) is 34.2. The zero-order chi connectivity index (χ0) is 61.7. The van der Waals surface area contributed by atoms with Crippen molar-refractivity contribution in [3.05, 3.63) is 146 Å². The number of hydrogen-bond donors (Lipinski definition) is 0. The smallest absolute Gasteiger partial charge is 0.305 e. The van der Waals surface area contributed by atoms with E-state index in [9.17, 15) is 19.2 Å². The number of ether oxygens (including phenoxy) is 4. The van der Waals surface area contributed by atoms with Crippen LogP contribution >= 0.6 is 0 Å². The lowest BCUT2D eigenvalue weighted by atomic mass is 9.92. The molecule has 0 fully saturated rings. The van der Waals surface area contributed by atoms with Gasteiger partial charge in [0, 0.05) is 25.7 Å². The molecule has 0 aromatic rings. The topological polar surface area (TPSA) is 105 Å². The molecule has 0 aromatic carbocycles. The number of carbonyl (C=O) groups excluding carboxylic acids is 4. The first-order valence-electron chi connectivity index (χ1n) is 34.2. The van der Waals surface area contributed by atoms with Crippen molar-refractivity contribution in [1.29, 1.82) is 0 Å². The van der Waals surface area contributed by atoms with Gasteiger partial charge >= 0.3 is 23.9 Å². The lowest BCUT2D eigenvalue weighted by Gasteiger charge is -2.31. The Balaban J connectivity index is 5.63. The van der Waals surface area contributed by atoms with Crippen LogP contribution in [0.3, 0.4) is 0 Å². The summed E-state index contributed by atoms with van der Waals surface area (Å²) in [6.07, 6.45) is 89.8. The molecule has 0 unspecified atom stereocenters. The Labute approximate surface area is 521 Å². The Morgan fingerprint density at radius 2 is 0.388 bits per heavy atom. The fourth-order valence-electron chi connectivity index (χ4n) is 9.03. The van der Waals surface area contributed by atoms with Gasteiger partial charge in [0.25, 0.3) is 0 Å². The number of hydrogen-bond acceptors (Lipinski definition) is 8. The van der Waals surface area contributed by atoms with Gasteiger partial charge in [-0.15, -0.1) is 0 Å².